The Morgan fingerprint density at radius 1 is 0.358 bits per heavy atom. The van der Waals surface area contributed by atoms with Gasteiger partial charge in [-0.2, -0.15) is 13.2 Å². The molecule has 10 heterocycles. The van der Waals surface area contributed by atoms with E-state index in [9.17, 15) is 45.1 Å². The number of aryl methyl sites for hydroxylation is 3. The van der Waals surface area contributed by atoms with Gasteiger partial charge in [-0.3, -0.25) is 37.4 Å². The van der Waals surface area contributed by atoms with E-state index in [1.54, 1.807) is 136 Å². The number of aliphatic hydroxyl groups is 1. The van der Waals surface area contributed by atoms with Crippen molar-refractivity contribution in [2.75, 3.05) is 0 Å². The molecule has 18 aromatic rings. The summed E-state index contributed by atoms with van der Waals surface area (Å²) in [5, 5.41) is 32.7. The van der Waals surface area contributed by atoms with Gasteiger partial charge in [0.05, 0.1) is 22.8 Å². The number of ketones is 1. The molecule has 0 spiro atoms. The minimum absolute atomic E-state index is 0. The van der Waals surface area contributed by atoms with Gasteiger partial charge in [0, 0.05) is 223 Å². The van der Waals surface area contributed by atoms with Crippen LogP contribution in [0.2, 0.25) is 0 Å². The molecule has 6 radical (unpaired) electrons. The topological polar surface area (TPSA) is 281 Å². The van der Waals surface area contributed by atoms with Crippen LogP contribution in [-0.4, -0.2) is 93.0 Å². The van der Waals surface area contributed by atoms with Crippen LogP contribution in [0.25, 0.3) is 102 Å². The van der Waals surface area contributed by atoms with E-state index in [2.05, 4.69) is 117 Å². The number of carboxylic acids is 2. The van der Waals surface area contributed by atoms with Crippen molar-refractivity contribution in [2.24, 2.45) is 0 Å². The largest absolute Gasteiger partial charge is 0.512 e. The normalized spacial score (nSPS) is 9.77. The molecular weight excluding hydrogens is 2830 g/mol. The average molecular weight is 2910 g/mol. The number of hydrogen-bond donors (Lipinski definition) is 3. The average Bonchev–Trinajstić information content (AvgIpc) is 0.803. The van der Waals surface area contributed by atoms with E-state index in [1.807, 2.05) is 170 Å². The van der Waals surface area contributed by atoms with Gasteiger partial charge in [0.1, 0.15) is 11.4 Å². The second-order valence-electron chi connectivity index (χ2n) is 27.0. The number of nitrogens with zero attached hydrogens (tertiary/aromatic N) is 13. The van der Waals surface area contributed by atoms with Gasteiger partial charge >= 0.3 is 18.1 Å². The van der Waals surface area contributed by atoms with Gasteiger partial charge in [0.15, 0.2) is 5.78 Å². The molecule has 0 atom stereocenters. The van der Waals surface area contributed by atoms with Gasteiger partial charge in [0.2, 0.25) is 0 Å². The summed E-state index contributed by atoms with van der Waals surface area (Å²) in [7, 11) is 0. The molecule has 3 N–H and O–H groups in total. The minimum atomic E-state index is -4.38. The number of aliphatic hydroxyl groups excluding tert-OH is 1. The predicted molar refractivity (Wildman–Crippen MR) is 487 cm³/mol. The van der Waals surface area contributed by atoms with Gasteiger partial charge in [0.25, 0.3) is 0 Å². The van der Waals surface area contributed by atoms with Crippen LogP contribution in [0.1, 0.15) is 57.3 Å². The van der Waals surface area contributed by atoms with Crippen LogP contribution in [-0.2, 0) is 132 Å². The Labute approximate surface area is 868 Å². The van der Waals surface area contributed by atoms with Crippen LogP contribution in [0.4, 0.5) is 30.7 Å². The van der Waals surface area contributed by atoms with Crippen LogP contribution in [0.5, 0.6) is 0 Å². The fourth-order valence-corrected chi connectivity index (χ4v) is 11.0. The first kappa shape index (κ1) is 118. The number of carbonyl (C=O) groups excluding carboxylic acids is 1. The quantitative estimate of drug-likeness (QED) is 0.0443. The molecular formula is C105H79F7Ir6N13O6-7. The zero-order valence-corrected chi connectivity index (χ0v) is 87.1. The van der Waals surface area contributed by atoms with Crippen LogP contribution in [0.3, 0.4) is 0 Å². The number of carbonyl (C=O) groups is 3. The molecule has 0 amide bonds. The first-order valence-corrected chi connectivity index (χ1v) is 39.6. The van der Waals surface area contributed by atoms with Crippen LogP contribution in [0.15, 0.2) is 377 Å². The third-order valence-corrected chi connectivity index (χ3v) is 16.9. The maximum Gasteiger partial charge on any atom is 0.399 e. The van der Waals surface area contributed by atoms with E-state index >= 15 is 0 Å². The SMILES string of the molecule is CC(=O)C=C(C)O.Cc1c[c-]c(-c2ccccn2)cc1.Cc1cc(-c2ccccn2)[c-]c(C(F)(F)F)c1.Cc1n[n-]c(-c2ccccn2)n1.Fc1c[c-]c(-c2ccccn2)c(F)c1.Fc1c[c-]c(-c2ccccn2)c(F)c1.O=C(O)c1ccccn1.O=C(O)c1ccccn1.[Ir].[Ir].[Ir].[Ir].[Ir].[Ir].[c-]1ccccc1-c1ccccn1.[c-]1ccccc1-c1ncc(-c2ccccc2)nc1-c1ccccc1. The standard InChI is InChI=1S/C22H15N2.C13H9F3N.C12H10N.2C11H6F2N.C11H8N.C8H7N4.2C6H5NO2.C5H8O2.6Ir/c1-4-10-17(11-5-1)20-16-23-21(18-12-6-2-7-13-18)22(24-20)19-14-8-3-9-15-19;1-9-6-10(12-4-2-3-5-17-12)8-11(7-9)13(14,15)16;1-10-5-7-11(8-6-10)12-4-2-3-9-13-12;2*12-8-4-5-9(10(13)7-8)11-3-1-2-6-14-11;1-2-6-10(7-3-1)11-8-4-5-9-12-11;1-6-10-8(12-11-6)7-4-2-3-5-9-7;2*8-6(9)5-3-1-2-4-7-5;1-4(6)3-5(2)7;;;;;;/h1-12,14-16H;2-7H,1H3;2-7,9H,1H3;2*1-4,6-7H;1-6,8-9H;2-5H,1H3;2*1-4H,(H,8,9);3,6H,1-2H3;;;;;;/q7*-1;;;;;;;;;. The third kappa shape index (κ3) is 41.9. The smallest absolute Gasteiger partial charge is 0.399 e. The second-order valence-corrected chi connectivity index (χ2v) is 27.0. The molecule has 0 fully saturated rings. The third-order valence-electron chi connectivity index (χ3n) is 16.9. The molecule has 0 saturated carbocycles. The molecule has 710 valence electrons. The summed E-state index contributed by atoms with van der Waals surface area (Å²) in [6.07, 6.45) is 11.4. The number of rotatable bonds is 12. The minimum Gasteiger partial charge on any atom is -0.512 e. The fraction of sp³-hybridized carbons (Fsp3) is 0.0571. The van der Waals surface area contributed by atoms with E-state index in [1.165, 1.54) is 50.0 Å². The summed E-state index contributed by atoms with van der Waals surface area (Å²) < 4.78 is 89.4. The molecule has 137 heavy (non-hydrogen) atoms. The van der Waals surface area contributed by atoms with Crippen LogP contribution in [0, 0.1) is 80.4 Å². The monoisotopic (exact) mass is 2910 g/mol. The second kappa shape index (κ2) is 63.9. The fourth-order valence-electron chi connectivity index (χ4n) is 11.0. The van der Waals surface area contributed by atoms with Crippen LogP contribution >= 0.6 is 0 Å². The van der Waals surface area contributed by atoms with Gasteiger partial charge in [-0.1, -0.05) is 177 Å². The van der Waals surface area contributed by atoms with E-state index in [0.29, 0.717) is 39.9 Å². The predicted octanol–water partition coefficient (Wildman–Crippen LogP) is 23.6. The molecule has 0 aliphatic carbocycles. The number of halogens is 7. The summed E-state index contributed by atoms with van der Waals surface area (Å²) in [5.74, 6) is -3.35. The molecule has 10 aromatic heterocycles. The first-order valence-electron chi connectivity index (χ1n) is 39.6. The van der Waals surface area contributed by atoms with Gasteiger partial charge < -0.3 is 55.3 Å². The zero-order valence-electron chi connectivity index (χ0n) is 72.7. The molecule has 18 rings (SSSR count). The number of carboxylic acid groups (broad SMARTS) is 2. The van der Waals surface area contributed by atoms with Gasteiger partial charge in [-0.25, -0.2) is 19.6 Å². The first-order chi connectivity index (χ1) is 63.3. The molecule has 0 bridgehead atoms. The molecule has 0 unspecified atom stereocenters. The van der Waals surface area contributed by atoms with Crippen molar-refractivity contribution in [3.63, 3.8) is 0 Å². The van der Waals surface area contributed by atoms with Crippen molar-refractivity contribution in [1.82, 2.24) is 65.0 Å². The summed E-state index contributed by atoms with van der Waals surface area (Å²) >= 11 is 0. The van der Waals surface area contributed by atoms with Gasteiger partial charge in [-0.05, 0) is 133 Å². The number of pyridine rings is 8. The molecule has 32 heteroatoms. The Hall–Kier alpha value is -13.3. The number of aromatic carboxylic acids is 2. The van der Waals surface area contributed by atoms with E-state index < -0.39 is 46.9 Å². The Kier molecular flexibility index (Phi) is 55.0. The molecule has 0 saturated heterocycles. The van der Waals surface area contributed by atoms with Crippen molar-refractivity contribution < 1.29 is 181 Å². The summed E-state index contributed by atoms with van der Waals surface area (Å²) in [5.41, 5.74) is 13.7. The Morgan fingerprint density at radius 2 is 0.752 bits per heavy atom. The molecule has 0 aliphatic rings. The number of hydrogen-bond acceptors (Lipinski definition) is 16. The number of benzene rings is 8. The zero-order chi connectivity index (χ0) is 93.5. The molecule has 19 nitrogen and oxygen atoms in total. The molecule has 0 aliphatic heterocycles. The van der Waals surface area contributed by atoms with Crippen molar-refractivity contribution in [3.05, 3.63) is 471 Å². The summed E-state index contributed by atoms with van der Waals surface area (Å²) in [4.78, 5) is 75.6. The van der Waals surface area contributed by atoms with Gasteiger partial charge in [-0.15, -0.1) is 161 Å². The van der Waals surface area contributed by atoms with E-state index in [-0.39, 0.29) is 155 Å². The maximum absolute atomic E-state index is 13.2. The summed E-state index contributed by atoms with van der Waals surface area (Å²) in [6, 6.07) is 108. The van der Waals surface area contributed by atoms with E-state index in [4.69, 9.17) is 25.3 Å². The van der Waals surface area contributed by atoms with Crippen molar-refractivity contribution in [3.8, 4) is 102 Å². The van der Waals surface area contributed by atoms with Crippen molar-refractivity contribution >= 4 is 17.7 Å². The van der Waals surface area contributed by atoms with Crippen LogP contribution < -0.4 is 5.10 Å². The molecule has 8 aromatic carbocycles. The number of allylic oxidation sites excluding steroid dienone is 2. The van der Waals surface area contributed by atoms with Crippen molar-refractivity contribution in [2.45, 2.75) is 40.8 Å². The van der Waals surface area contributed by atoms with Crippen molar-refractivity contribution in [1.29, 1.82) is 0 Å². The number of aromatic nitrogens is 13. The maximum atomic E-state index is 13.2. The Balaban J connectivity index is 0.000000396. The Bertz CT molecular complexity index is 6350. The Morgan fingerprint density at radius 3 is 1.09 bits per heavy atom. The summed E-state index contributed by atoms with van der Waals surface area (Å²) in [6.45, 7) is 8.33. The number of alkyl halides is 3. The van der Waals surface area contributed by atoms with E-state index in [0.717, 1.165) is 92.3 Å².